The second kappa shape index (κ2) is 11.5. The van der Waals surface area contributed by atoms with Gasteiger partial charge in [0, 0.05) is 16.8 Å². The number of para-hydroxylation sites is 1. The van der Waals surface area contributed by atoms with Gasteiger partial charge in [-0.3, -0.25) is 9.36 Å². The molecule has 0 bridgehead atoms. The monoisotopic (exact) mass is 497 g/mol. The molecule has 0 aliphatic heterocycles. The number of phenols is 1. The van der Waals surface area contributed by atoms with E-state index in [1.165, 1.54) is 18.0 Å². The predicted molar refractivity (Wildman–Crippen MR) is 145 cm³/mol. The largest absolute Gasteiger partial charge is 0.507 e. The average Bonchev–Trinajstić information content (AvgIpc) is 3.30. The molecule has 0 atom stereocenters. The number of aromatic hydroxyl groups is 1. The van der Waals surface area contributed by atoms with E-state index >= 15 is 0 Å². The van der Waals surface area contributed by atoms with Crippen LogP contribution in [0.5, 0.6) is 5.75 Å². The average molecular weight is 498 g/mol. The number of aryl methyl sites for hydroxylation is 2. The molecule has 0 saturated heterocycles. The number of phenolic OH excluding ortho intramolecular Hbond substituents is 1. The molecule has 3 aromatic carbocycles. The molecule has 0 saturated carbocycles. The zero-order valence-corrected chi connectivity index (χ0v) is 21.0. The molecule has 0 aliphatic rings. The first kappa shape index (κ1) is 24.9. The number of thioether (sulfide) groups is 1. The van der Waals surface area contributed by atoms with Crippen LogP contribution in [0.4, 0.5) is 0 Å². The van der Waals surface area contributed by atoms with Gasteiger partial charge in [0.2, 0.25) is 0 Å². The number of allylic oxidation sites excluding steroid dienone is 1. The van der Waals surface area contributed by atoms with Crippen LogP contribution < -0.4 is 5.43 Å². The van der Waals surface area contributed by atoms with Crippen molar-refractivity contribution in [1.29, 1.82) is 0 Å². The third-order valence-electron chi connectivity index (χ3n) is 5.48. The first-order valence-corrected chi connectivity index (χ1v) is 12.4. The Balaban J connectivity index is 1.49. The van der Waals surface area contributed by atoms with Gasteiger partial charge in [0.05, 0.1) is 12.0 Å². The molecule has 0 fully saturated rings. The van der Waals surface area contributed by atoms with E-state index in [4.69, 9.17) is 0 Å². The lowest BCUT2D eigenvalue weighted by Crippen LogP contribution is -2.20. The van der Waals surface area contributed by atoms with Gasteiger partial charge in [-0.15, -0.1) is 16.8 Å². The van der Waals surface area contributed by atoms with Crippen LogP contribution in [0.2, 0.25) is 0 Å². The topological polar surface area (TPSA) is 92.4 Å². The molecule has 36 heavy (non-hydrogen) atoms. The molecule has 1 aromatic heterocycles. The Labute approximate surface area is 214 Å². The van der Waals surface area contributed by atoms with Crippen LogP contribution in [0.25, 0.3) is 17.1 Å². The summed E-state index contributed by atoms with van der Waals surface area (Å²) in [6.45, 7) is 7.77. The Kier molecular flexibility index (Phi) is 7.97. The highest BCUT2D eigenvalue weighted by Gasteiger charge is 2.17. The fraction of sp³-hybridized carbons (Fsp3) is 0.143. The summed E-state index contributed by atoms with van der Waals surface area (Å²) in [5.41, 5.74) is 7.94. The summed E-state index contributed by atoms with van der Waals surface area (Å²) in [5, 5.41) is 23.7. The van der Waals surface area contributed by atoms with Crippen LogP contribution in [0, 0.1) is 13.8 Å². The molecule has 182 valence electrons. The van der Waals surface area contributed by atoms with Crippen LogP contribution >= 0.6 is 11.8 Å². The highest BCUT2D eigenvalue weighted by Crippen LogP contribution is 2.28. The number of nitrogens with one attached hydrogen (secondary N) is 1. The van der Waals surface area contributed by atoms with Crippen LogP contribution in [0.15, 0.2) is 89.6 Å². The van der Waals surface area contributed by atoms with Crippen LogP contribution in [-0.4, -0.2) is 37.7 Å². The lowest BCUT2D eigenvalue weighted by molar-refractivity contribution is -0.118. The van der Waals surface area contributed by atoms with Gasteiger partial charge in [-0.1, -0.05) is 77.5 Å². The maximum Gasteiger partial charge on any atom is 0.250 e. The van der Waals surface area contributed by atoms with Gasteiger partial charge >= 0.3 is 0 Å². The van der Waals surface area contributed by atoms with Crippen molar-refractivity contribution in [2.75, 3.05) is 5.75 Å². The van der Waals surface area contributed by atoms with Crippen molar-refractivity contribution in [2.24, 2.45) is 5.10 Å². The maximum atomic E-state index is 12.5. The number of nitrogens with zero attached hydrogens (tertiary/aromatic N) is 4. The van der Waals surface area contributed by atoms with E-state index in [0.29, 0.717) is 23.0 Å². The standard InChI is InChI=1S/C28H27N5O2S/c1-4-6-21-7-5-8-23(26(21)35)17-29-30-25(34)18-36-28-32-31-27(22-13-9-19(2)10-14-22)33(28)24-15-11-20(3)12-16-24/h4-5,7-17,35H,1,6,18H2,2-3H3,(H,30,34)/b29-17+. The number of rotatable bonds is 9. The Morgan fingerprint density at radius 3 is 2.44 bits per heavy atom. The van der Waals surface area contributed by atoms with E-state index in [9.17, 15) is 9.90 Å². The third-order valence-corrected chi connectivity index (χ3v) is 6.40. The molecular formula is C28H27N5O2S. The van der Waals surface area contributed by atoms with E-state index in [1.807, 2.05) is 79.1 Å². The van der Waals surface area contributed by atoms with Gasteiger partial charge in [-0.05, 0) is 44.0 Å². The number of benzene rings is 3. The van der Waals surface area contributed by atoms with Crippen molar-refractivity contribution >= 4 is 23.9 Å². The zero-order chi connectivity index (χ0) is 25.5. The Morgan fingerprint density at radius 2 is 1.75 bits per heavy atom. The number of hydrogen-bond acceptors (Lipinski definition) is 6. The Bertz CT molecular complexity index is 1390. The summed E-state index contributed by atoms with van der Waals surface area (Å²) in [6, 6.07) is 21.5. The van der Waals surface area contributed by atoms with Crippen molar-refractivity contribution in [2.45, 2.75) is 25.4 Å². The number of carbonyl (C=O) groups is 1. The summed E-state index contributed by atoms with van der Waals surface area (Å²) in [6.07, 6.45) is 3.69. The summed E-state index contributed by atoms with van der Waals surface area (Å²) in [5.74, 6) is 0.625. The van der Waals surface area contributed by atoms with Crippen LogP contribution in [0.1, 0.15) is 22.3 Å². The minimum atomic E-state index is -0.298. The van der Waals surface area contributed by atoms with Gasteiger partial charge in [0.1, 0.15) is 5.75 Å². The van der Waals surface area contributed by atoms with Gasteiger partial charge in [-0.25, -0.2) is 5.43 Å². The van der Waals surface area contributed by atoms with Crippen molar-refractivity contribution in [1.82, 2.24) is 20.2 Å². The molecule has 1 amide bonds. The molecule has 0 radical (unpaired) electrons. The van der Waals surface area contributed by atoms with Crippen molar-refractivity contribution in [3.8, 4) is 22.8 Å². The molecule has 4 rings (SSSR count). The molecule has 7 nitrogen and oxygen atoms in total. The number of aromatic nitrogens is 3. The molecular weight excluding hydrogens is 470 g/mol. The van der Waals surface area contributed by atoms with Crippen molar-refractivity contribution in [3.05, 3.63) is 102 Å². The molecule has 1 heterocycles. The molecule has 0 spiro atoms. The number of hydrazone groups is 1. The van der Waals surface area contributed by atoms with Crippen LogP contribution in [-0.2, 0) is 11.2 Å². The van der Waals surface area contributed by atoms with Gasteiger partial charge < -0.3 is 5.11 Å². The highest BCUT2D eigenvalue weighted by atomic mass is 32.2. The SMILES string of the molecule is C=CCc1cccc(/C=N/NC(=O)CSc2nnc(-c3ccc(C)cc3)n2-c2ccc(C)cc2)c1O. The van der Waals surface area contributed by atoms with E-state index in [2.05, 4.69) is 27.3 Å². The lowest BCUT2D eigenvalue weighted by atomic mass is 10.1. The van der Waals surface area contributed by atoms with Crippen molar-refractivity contribution in [3.63, 3.8) is 0 Å². The first-order valence-electron chi connectivity index (χ1n) is 11.4. The molecule has 0 unspecified atom stereocenters. The molecule has 0 aliphatic carbocycles. The summed E-state index contributed by atoms with van der Waals surface area (Å²) >= 11 is 1.27. The normalized spacial score (nSPS) is 11.1. The number of hydrogen-bond donors (Lipinski definition) is 2. The quantitative estimate of drug-likeness (QED) is 0.143. The predicted octanol–water partition coefficient (Wildman–Crippen LogP) is 5.23. The van der Waals surface area contributed by atoms with Gasteiger partial charge in [0.25, 0.3) is 5.91 Å². The lowest BCUT2D eigenvalue weighted by Gasteiger charge is -2.11. The fourth-order valence-corrected chi connectivity index (χ4v) is 4.30. The molecule has 8 heteroatoms. The van der Waals surface area contributed by atoms with Crippen molar-refractivity contribution < 1.29 is 9.90 Å². The van der Waals surface area contributed by atoms with E-state index in [1.54, 1.807) is 12.1 Å². The Hall–Kier alpha value is -4.17. The summed E-state index contributed by atoms with van der Waals surface area (Å²) in [4.78, 5) is 12.5. The van der Waals surface area contributed by atoms with Crippen LogP contribution in [0.3, 0.4) is 0 Å². The highest BCUT2D eigenvalue weighted by molar-refractivity contribution is 7.99. The fourth-order valence-electron chi connectivity index (χ4n) is 3.55. The Morgan fingerprint density at radius 1 is 1.06 bits per heavy atom. The third kappa shape index (κ3) is 5.90. The maximum absolute atomic E-state index is 12.5. The van der Waals surface area contributed by atoms with E-state index in [0.717, 1.165) is 27.9 Å². The van der Waals surface area contributed by atoms with E-state index in [-0.39, 0.29) is 17.4 Å². The van der Waals surface area contributed by atoms with E-state index < -0.39 is 0 Å². The molecule has 4 aromatic rings. The molecule has 2 N–H and O–H groups in total. The number of carbonyl (C=O) groups excluding carboxylic acids is 1. The summed E-state index contributed by atoms with van der Waals surface area (Å²) in [7, 11) is 0. The summed E-state index contributed by atoms with van der Waals surface area (Å²) < 4.78 is 1.95. The van der Waals surface area contributed by atoms with Gasteiger partial charge in [-0.2, -0.15) is 5.10 Å². The smallest absolute Gasteiger partial charge is 0.250 e. The first-order chi connectivity index (χ1) is 17.5. The zero-order valence-electron chi connectivity index (χ0n) is 20.2. The minimum Gasteiger partial charge on any atom is -0.507 e. The minimum absolute atomic E-state index is 0.0950. The second-order valence-corrected chi connectivity index (χ2v) is 9.22. The van der Waals surface area contributed by atoms with Gasteiger partial charge in [0.15, 0.2) is 11.0 Å². The second-order valence-electron chi connectivity index (χ2n) is 8.27. The number of amides is 1.